The van der Waals surface area contributed by atoms with Gasteiger partial charge in [0, 0.05) is 0 Å². The van der Waals surface area contributed by atoms with E-state index < -0.39 is 0 Å². The Balaban J connectivity index is 1.90. The van der Waals surface area contributed by atoms with E-state index >= 15 is 0 Å². The summed E-state index contributed by atoms with van der Waals surface area (Å²) < 4.78 is 0. The van der Waals surface area contributed by atoms with E-state index in [1.165, 1.54) is 71.0 Å². The second-order valence-corrected chi connectivity index (χ2v) is 5.55. The third-order valence-corrected chi connectivity index (χ3v) is 3.85. The Bertz CT molecular complexity index is 166. The molecular weight excluding hydrogens is 210 g/mol. The normalized spacial score (nSPS) is 19.4. The Kier molecular flexibility index (Phi) is 8.72. The fraction of sp³-hybridized carbons (Fsp3) is 1.00. The van der Waals surface area contributed by atoms with E-state index in [-0.39, 0.29) is 6.10 Å². The lowest BCUT2D eigenvalue weighted by atomic mass is 10.0. The molecule has 17 heavy (non-hydrogen) atoms. The van der Waals surface area contributed by atoms with E-state index in [9.17, 15) is 5.11 Å². The zero-order chi connectivity index (χ0) is 12.3. The van der Waals surface area contributed by atoms with Crippen molar-refractivity contribution < 1.29 is 5.11 Å². The first-order valence-corrected chi connectivity index (χ1v) is 7.73. The minimum atomic E-state index is -0.0448. The number of hydrogen-bond acceptors (Lipinski definition) is 2. The predicted octanol–water partition coefficient (Wildman–Crippen LogP) is 3.58. The van der Waals surface area contributed by atoms with Gasteiger partial charge in [-0.15, -0.1) is 0 Å². The topological polar surface area (TPSA) is 23.5 Å². The first-order valence-electron chi connectivity index (χ1n) is 7.73. The van der Waals surface area contributed by atoms with Crippen LogP contribution in [0.1, 0.15) is 71.1 Å². The molecule has 0 aliphatic carbocycles. The van der Waals surface area contributed by atoms with Crippen molar-refractivity contribution in [3.8, 4) is 0 Å². The number of hydrogen-bond donors (Lipinski definition) is 1. The molecule has 0 saturated carbocycles. The van der Waals surface area contributed by atoms with Gasteiger partial charge in [-0.1, -0.05) is 39.0 Å². The fourth-order valence-corrected chi connectivity index (χ4v) is 2.68. The minimum Gasteiger partial charge on any atom is -0.393 e. The molecule has 102 valence electrons. The number of rotatable bonds is 9. The van der Waals surface area contributed by atoms with E-state index in [0.717, 1.165) is 12.8 Å². The molecule has 1 rings (SSSR count). The molecule has 1 fully saturated rings. The van der Waals surface area contributed by atoms with Crippen molar-refractivity contribution in [1.82, 2.24) is 4.90 Å². The average Bonchev–Trinajstić information content (AvgIpc) is 2.36. The molecule has 1 heterocycles. The highest BCUT2D eigenvalue weighted by atomic mass is 16.3. The van der Waals surface area contributed by atoms with E-state index in [1.807, 2.05) is 0 Å². The van der Waals surface area contributed by atoms with Crippen LogP contribution in [0.2, 0.25) is 0 Å². The zero-order valence-corrected chi connectivity index (χ0v) is 11.7. The van der Waals surface area contributed by atoms with Crippen LogP contribution in [0, 0.1) is 0 Å². The number of likely N-dealkylation sites (tertiary alicyclic amines) is 1. The molecule has 1 saturated heterocycles. The van der Waals surface area contributed by atoms with Crippen LogP contribution >= 0.6 is 0 Å². The maximum Gasteiger partial charge on any atom is 0.0540 e. The summed E-state index contributed by atoms with van der Waals surface area (Å²) in [6, 6.07) is 0. The Labute approximate surface area is 107 Å². The largest absolute Gasteiger partial charge is 0.393 e. The van der Waals surface area contributed by atoms with Gasteiger partial charge in [-0.2, -0.15) is 0 Å². The highest BCUT2D eigenvalue weighted by molar-refractivity contribution is 4.65. The van der Waals surface area contributed by atoms with Crippen LogP contribution in [0.4, 0.5) is 0 Å². The second kappa shape index (κ2) is 9.90. The summed E-state index contributed by atoms with van der Waals surface area (Å²) in [6.07, 6.45) is 12.4. The lowest BCUT2D eigenvalue weighted by Crippen LogP contribution is -2.31. The highest BCUT2D eigenvalue weighted by Crippen LogP contribution is 2.12. The van der Waals surface area contributed by atoms with Gasteiger partial charge in [0.1, 0.15) is 0 Å². The van der Waals surface area contributed by atoms with Crippen LogP contribution in [-0.2, 0) is 0 Å². The summed E-state index contributed by atoms with van der Waals surface area (Å²) in [5, 5.41) is 9.86. The van der Waals surface area contributed by atoms with Crippen LogP contribution in [-0.4, -0.2) is 35.7 Å². The lowest BCUT2D eigenvalue weighted by Gasteiger charge is -2.26. The lowest BCUT2D eigenvalue weighted by molar-refractivity contribution is 0.137. The summed E-state index contributed by atoms with van der Waals surface area (Å²) in [5.41, 5.74) is 0. The molecule has 0 radical (unpaired) electrons. The predicted molar refractivity (Wildman–Crippen MR) is 74.3 cm³/mol. The van der Waals surface area contributed by atoms with Gasteiger partial charge < -0.3 is 10.0 Å². The van der Waals surface area contributed by atoms with Crippen molar-refractivity contribution in [2.45, 2.75) is 77.2 Å². The van der Waals surface area contributed by atoms with Crippen molar-refractivity contribution in [1.29, 1.82) is 0 Å². The van der Waals surface area contributed by atoms with E-state index in [1.54, 1.807) is 0 Å². The maximum absolute atomic E-state index is 9.86. The zero-order valence-electron chi connectivity index (χ0n) is 11.7. The fourth-order valence-electron chi connectivity index (χ4n) is 2.68. The van der Waals surface area contributed by atoms with Crippen LogP contribution < -0.4 is 0 Å². The number of nitrogens with zero attached hydrogens (tertiary/aromatic N) is 1. The second-order valence-electron chi connectivity index (χ2n) is 5.55. The summed E-state index contributed by atoms with van der Waals surface area (Å²) in [4.78, 5) is 2.56. The van der Waals surface area contributed by atoms with Gasteiger partial charge in [0.15, 0.2) is 0 Å². The Morgan fingerprint density at radius 3 is 2.35 bits per heavy atom. The van der Waals surface area contributed by atoms with Gasteiger partial charge in [0.2, 0.25) is 0 Å². The standard InChI is InChI=1S/C15H31NO/c1-2-3-4-6-10-15(17)11-9-14-16-12-7-5-8-13-16/h15,17H,2-14H2,1H3. The number of unbranched alkanes of at least 4 members (excludes halogenated alkanes) is 3. The first-order chi connectivity index (χ1) is 8.33. The molecule has 2 nitrogen and oxygen atoms in total. The average molecular weight is 241 g/mol. The van der Waals surface area contributed by atoms with Gasteiger partial charge in [-0.3, -0.25) is 0 Å². The van der Waals surface area contributed by atoms with Crippen molar-refractivity contribution in [3.05, 3.63) is 0 Å². The molecule has 1 atom stereocenters. The van der Waals surface area contributed by atoms with Crippen LogP contribution in [0.5, 0.6) is 0 Å². The van der Waals surface area contributed by atoms with Gasteiger partial charge >= 0.3 is 0 Å². The molecule has 0 aromatic heterocycles. The SMILES string of the molecule is CCCCCCC(O)CCCN1CCCCC1. The molecule has 0 amide bonds. The molecule has 0 aromatic rings. The molecule has 0 aromatic carbocycles. The Morgan fingerprint density at radius 2 is 1.65 bits per heavy atom. The van der Waals surface area contributed by atoms with Gasteiger partial charge in [-0.25, -0.2) is 0 Å². The highest BCUT2D eigenvalue weighted by Gasteiger charge is 2.10. The summed E-state index contributed by atoms with van der Waals surface area (Å²) in [7, 11) is 0. The monoisotopic (exact) mass is 241 g/mol. The summed E-state index contributed by atoms with van der Waals surface area (Å²) in [5.74, 6) is 0. The number of piperidine rings is 1. The molecule has 1 aliphatic rings. The van der Waals surface area contributed by atoms with Crippen LogP contribution in [0.3, 0.4) is 0 Å². The molecule has 0 spiro atoms. The number of aliphatic hydroxyl groups excluding tert-OH is 1. The van der Waals surface area contributed by atoms with Crippen LogP contribution in [0.15, 0.2) is 0 Å². The molecule has 1 unspecified atom stereocenters. The molecule has 0 bridgehead atoms. The molecular formula is C15H31NO. The number of aliphatic hydroxyl groups is 1. The quantitative estimate of drug-likeness (QED) is 0.624. The van der Waals surface area contributed by atoms with Gasteiger partial charge in [0.25, 0.3) is 0 Å². The van der Waals surface area contributed by atoms with E-state index in [0.29, 0.717) is 0 Å². The third kappa shape index (κ3) is 7.77. The Hall–Kier alpha value is -0.0800. The minimum absolute atomic E-state index is 0.0448. The smallest absolute Gasteiger partial charge is 0.0540 e. The van der Waals surface area contributed by atoms with E-state index in [4.69, 9.17) is 0 Å². The summed E-state index contributed by atoms with van der Waals surface area (Å²) >= 11 is 0. The van der Waals surface area contributed by atoms with Gasteiger partial charge in [0.05, 0.1) is 6.10 Å². The van der Waals surface area contributed by atoms with E-state index in [2.05, 4.69) is 11.8 Å². The molecule has 2 heteroatoms. The molecule has 1 aliphatic heterocycles. The summed E-state index contributed by atoms with van der Waals surface area (Å²) in [6.45, 7) is 6.00. The van der Waals surface area contributed by atoms with Crippen molar-refractivity contribution in [2.24, 2.45) is 0 Å². The maximum atomic E-state index is 9.86. The van der Waals surface area contributed by atoms with Crippen LogP contribution in [0.25, 0.3) is 0 Å². The first kappa shape index (κ1) is 15.0. The van der Waals surface area contributed by atoms with Gasteiger partial charge in [-0.05, 0) is 51.7 Å². The third-order valence-electron chi connectivity index (χ3n) is 3.85. The van der Waals surface area contributed by atoms with Crippen molar-refractivity contribution in [3.63, 3.8) is 0 Å². The molecule has 1 N–H and O–H groups in total. The van der Waals surface area contributed by atoms with Crippen molar-refractivity contribution >= 4 is 0 Å². The van der Waals surface area contributed by atoms with Crippen molar-refractivity contribution in [2.75, 3.05) is 19.6 Å². The Morgan fingerprint density at radius 1 is 0.941 bits per heavy atom.